The van der Waals surface area contributed by atoms with Crippen LogP contribution in [0.2, 0.25) is 15.1 Å². The minimum Gasteiger partial charge on any atom is -0.463 e. The number of rotatable bonds is 8. The fourth-order valence-corrected chi connectivity index (χ4v) is 6.45. The predicted octanol–water partition coefficient (Wildman–Crippen LogP) is 4.14. The number of hydrogen-bond donors (Lipinski definition) is 1. The number of H-pyrrole nitrogens is 1. The van der Waals surface area contributed by atoms with E-state index in [-0.39, 0.29) is 26.5 Å². The lowest BCUT2D eigenvalue weighted by molar-refractivity contribution is -0.212. The molecule has 1 N–H and O–H groups in total. The average Bonchev–Trinajstić information content (AvgIpc) is 3.51. The first-order valence-electron chi connectivity index (χ1n) is 11.5. The van der Waals surface area contributed by atoms with E-state index in [4.69, 9.17) is 53.8 Å². The monoisotopic (exact) mass is 650 g/mol. The lowest BCUT2D eigenvalue weighted by Crippen LogP contribution is -2.57. The van der Waals surface area contributed by atoms with Crippen LogP contribution in [0, 0.1) is 0 Å². The molecule has 0 amide bonds. The van der Waals surface area contributed by atoms with Gasteiger partial charge in [0.15, 0.2) is 12.2 Å². The summed E-state index contributed by atoms with van der Waals surface area (Å²) in [7, 11) is 0. The van der Waals surface area contributed by atoms with Crippen molar-refractivity contribution in [2.24, 2.45) is 0 Å². The molecule has 12 nitrogen and oxygen atoms in total. The quantitative estimate of drug-likeness (QED) is 0.213. The molecule has 5 atom stereocenters. The van der Waals surface area contributed by atoms with Crippen LogP contribution in [0.1, 0.15) is 26.8 Å². The molecule has 1 aromatic carbocycles. The summed E-state index contributed by atoms with van der Waals surface area (Å²) in [5, 5.41) is 10.4. The molecular weight excluding hydrogens is 631 g/mol. The molecule has 214 valence electrons. The summed E-state index contributed by atoms with van der Waals surface area (Å²) in [4.78, 5) is 50.7. The molecule has 0 unspecified atom stereocenters. The Labute approximate surface area is 250 Å². The largest absolute Gasteiger partial charge is 0.463 e. The van der Waals surface area contributed by atoms with Crippen LogP contribution in [0.25, 0.3) is 11.4 Å². The first kappa shape index (κ1) is 30.3. The Morgan fingerprint density at radius 2 is 1.73 bits per heavy atom. The predicted molar refractivity (Wildman–Crippen MR) is 147 cm³/mol. The van der Waals surface area contributed by atoms with Gasteiger partial charge in [-0.2, -0.15) is 0 Å². The number of aromatic nitrogens is 4. The highest BCUT2D eigenvalue weighted by Crippen LogP contribution is 2.43. The fourth-order valence-electron chi connectivity index (χ4n) is 3.96. The van der Waals surface area contributed by atoms with Crippen molar-refractivity contribution in [1.29, 1.82) is 0 Å². The van der Waals surface area contributed by atoms with Crippen molar-refractivity contribution < 1.29 is 33.3 Å². The van der Waals surface area contributed by atoms with Gasteiger partial charge in [0.2, 0.25) is 0 Å². The number of carbonyl (C=O) groups is 3. The lowest BCUT2D eigenvalue weighted by Gasteiger charge is -2.44. The summed E-state index contributed by atoms with van der Waals surface area (Å²) in [6.45, 7) is 3.33. The van der Waals surface area contributed by atoms with Gasteiger partial charge in [0.05, 0.1) is 27.0 Å². The van der Waals surface area contributed by atoms with Gasteiger partial charge in [-0.3, -0.25) is 19.2 Å². The van der Waals surface area contributed by atoms with Crippen LogP contribution < -0.4 is 4.87 Å². The summed E-state index contributed by atoms with van der Waals surface area (Å²) in [6.07, 6.45) is -1.79. The Balaban J connectivity index is 1.81. The zero-order valence-corrected chi connectivity index (χ0v) is 24.9. The second kappa shape index (κ2) is 12.9. The molecule has 0 radical (unpaired) electrons. The number of ether oxygens (including phenoxy) is 4. The molecule has 1 saturated heterocycles. The van der Waals surface area contributed by atoms with Gasteiger partial charge < -0.3 is 23.9 Å². The Morgan fingerprint density at radius 3 is 2.30 bits per heavy atom. The second-order valence-corrected chi connectivity index (χ2v) is 11.7. The molecular formula is C23H21Cl3N4O8S2. The topological polar surface area (TPSA) is 152 Å². The van der Waals surface area contributed by atoms with Crippen molar-refractivity contribution in [2.75, 3.05) is 6.61 Å². The van der Waals surface area contributed by atoms with Gasteiger partial charge in [-0.15, -0.1) is 5.10 Å². The van der Waals surface area contributed by atoms with Gasteiger partial charge in [-0.25, -0.2) is 4.68 Å². The average molecular weight is 652 g/mol. The lowest BCUT2D eigenvalue weighted by atomic mass is 9.96. The maximum atomic E-state index is 12.3. The third-order valence-corrected chi connectivity index (χ3v) is 8.48. The van der Waals surface area contributed by atoms with E-state index >= 15 is 0 Å². The molecule has 2 aromatic heterocycles. The number of carbonyl (C=O) groups excluding carboxylic acids is 3. The van der Waals surface area contributed by atoms with Gasteiger partial charge in [0.1, 0.15) is 29.9 Å². The second-order valence-electron chi connectivity index (χ2n) is 8.45. The minimum atomic E-state index is -1.15. The number of thioether (sulfide) groups is 1. The maximum absolute atomic E-state index is 12.3. The Morgan fingerprint density at radius 1 is 1.07 bits per heavy atom. The maximum Gasteiger partial charge on any atom is 0.304 e. The van der Waals surface area contributed by atoms with E-state index in [0.717, 1.165) is 23.1 Å². The smallest absolute Gasteiger partial charge is 0.304 e. The zero-order chi connectivity index (χ0) is 29.1. The first-order chi connectivity index (χ1) is 18.9. The molecule has 1 aliphatic heterocycles. The van der Waals surface area contributed by atoms with Crippen LogP contribution in [0.15, 0.2) is 33.4 Å². The standard InChI is InChI=1S/C23H21Cl3N4O8S2/c1-9(31)35-7-17-20(36-10(2)32)19(30-6-15(28-29-30)16-8-39-23(34)27-16)21(37-11(3)33)22(38-17)40-12-4-13(24)18(26)14(25)5-12/h4-6,8,17,19-22H,7H2,1-3H3,(H,27,34)/t17-,19+,20+,21-,22-/m1/s1. The number of aromatic amines is 1. The van der Waals surface area contributed by atoms with Crippen molar-refractivity contribution in [1.82, 2.24) is 20.0 Å². The summed E-state index contributed by atoms with van der Waals surface area (Å²) >= 11 is 20.6. The van der Waals surface area contributed by atoms with Crippen molar-refractivity contribution in [3.8, 4) is 11.4 Å². The highest BCUT2D eigenvalue weighted by atomic mass is 35.5. The van der Waals surface area contributed by atoms with Crippen molar-refractivity contribution in [2.45, 2.75) is 55.5 Å². The molecule has 1 aliphatic rings. The molecule has 4 rings (SSSR count). The number of benzene rings is 1. The summed E-state index contributed by atoms with van der Waals surface area (Å²) in [5.74, 6) is -1.91. The molecule has 1 fully saturated rings. The van der Waals surface area contributed by atoms with E-state index in [9.17, 15) is 19.2 Å². The molecule has 0 aliphatic carbocycles. The Bertz CT molecular complexity index is 1450. The van der Waals surface area contributed by atoms with Crippen LogP contribution in [0.3, 0.4) is 0 Å². The highest BCUT2D eigenvalue weighted by Gasteiger charge is 2.52. The zero-order valence-electron chi connectivity index (χ0n) is 21.0. The van der Waals surface area contributed by atoms with Gasteiger partial charge in [-0.1, -0.05) is 63.1 Å². The van der Waals surface area contributed by atoms with Crippen molar-refractivity contribution >= 4 is 75.8 Å². The van der Waals surface area contributed by atoms with Gasteiger partial charge in [-0.05, 0) is 12.1 Å². The summed E-state index contributed by atoms with van der Waals surface area (Å²) < 4.78 is 24.1. The van der Waals surface area contributed by atoms with E-state index in [0.29, 0.717) is 16.3 Å². The van der Waals surface area contributed by atoms with Gasteiger partial charge in [0, 0.05) is 31.0 Å². The van der Waals surface area contributed by atoms with Gasteiger partial charge >= 0.3 is 22.8 Å². The number of nitrogens with one attached hydrogen (secondary N) is 1. The Kier molecular flexibility index (Phi) is 9.80. The number of thiazole rings is 1. The molecule has 17 heteroatoms. The number of esters is 3. The fraction of sp³-hybridized carbons (Fsp3) is 0.391. The van der Waals surface area contributed by atoms with Crippen LogP contribution in [-0.4, -0.2) is 68.2 Å². The van der Waals surface area contributed by atoms with Crippen LogP contribution >= 0.6 is 57.9 Å². The molecule has 3 heterocycles. The van der Waals surface area contributed by atoms with E-state index in [1.165, 1.54) is 31.6 Å². The van der Waals surface area contributed by atoms with Gasteiger partial charge in [0.25, 0.3) is 0 Å². The molecule has 0 saturated carbocycles. The van der Waals surface area contributed by atoms with Crippen molar-refractivity contribution in [3.63, 3.8) is 0 Å². The van der Waals surface area contributed by atoms with Crippen LogP contribution in [0.4, 0.5) is 0 Å². The van der Waals surface area contributed by atoms with E-state index in [2.05, 4.69) is 15.3 Å². The summed E-state index contributed by atoms with van der Waals surface area (Å²) in [6, 6.07) is 2.11. The highest BCUT2D eigenvalue weighted by molar-refractivity contribution is 7.99. The SMILES string of the molecule is CC(=O)OC[C@H]1O[C@H](Sc2cc(Cl)c(Cl)c(Cl)c2)[C@H](OC(C)=O)[C@@H](n2cc(-c3csc(=O)[nH]3)nn2)[C@H]1OC(C)=O. The normalized spacial score (nSPS) is 22.5. The molecule has 0 bridgehead atoms. The third-order valence-electron chi connectivity index (χ3n) is 5.49. The van der Waals surface area contributed by atoms with E-state index in [1.807, 2.05) is 0 Å². The number of hydrogen-bond acceptors (Lipinski definition) is 12. The first-order valence-corrected chi connectivity index (χ1v) is 14.4. The van der Waals surface area contributed by atoms with Crippen LogP contribution in [0.5, 0.6) is 0 Å². The van der Waals surface area contributed by atoms with Crippen LogP contribution in [-0.2, 0) is 33.3 Å². The van der Waals surface area contributed by atoms with E-state index in [1.54, 1.807) is 17.5 Å². The van der Waals surface area contributed by atoms with Crippen molar-refractivity contribution in [3.05, 3.63) is 48.4 Å². The molecule has 40 heavy (non-hydrogen) atoms. The molecule has 0 spiro atoms. The van der Waals surface area contributed by atoms with E-state index < -0.39 is 47.7 Å². The summed E-state index contributed by atoms with van der Waals surface area (Å²) in [5.41, 5.74) is -0.248. The minimum absolute atomic E-state index is 0.163. The third kappa shape index (κ3) is 7.17. The number of halogens is 3. The number of nitrogens with zero attached hydrogens (tertiary/aromatic N) is 3. The Hall–Kier alpha value is -2.62. The molecule has 3 aromatic rings.